The lowest BCUT2D eigenvalue weighted by atomic mass is 10.2. The zero-order valence-electron chi connectivity index (χ0n) is 11.7. The normalized spacial score (nSPS) is 18.1. The van der Waals surface area contributed by atoms with Crippen molar-refractivity contribution in [3.05, 3.63) is 42.0 Å². The van der Waals surface area contributed by atoms with Crippen molar-refractivity contribution in [1.82, 2.24) is 9.78 Å². The summed E-state index contributed by atoms with van der Waals surface area (Å²) >= 11 is 0. The van der Waals surface area contributed by atoms with Gasteiger partial charge in [-0.1, -0.05) is 0 Å². The van der Waals surface area contributed by atoms with Crippen molar-refractivity contribution in [2.75, 3.05) is 16.8 Å². The largest absolute Gasteiger partial charge is 0.371 e. The number of carbonyl (C=O) groups excluding carboxylic acids is 1. The van der Waals surface area contributed by atoms with Gasteiger partial charge in [-0.3, -0.25) is 9.48 Å². The molecular formula is C14H13F3N4O. The number of halogens is 3. The average molecular weight is 310 g/mol. The summed E-state index contributed by atoms with van der Waals surface area (Å²) in [6.07, 6.45) is 3.67. The van der Waals surface area contributed by atoms with Crippen molar-refractivity contribution in [1.29, 1.82) is 0 Å². The number of rotatable bonds is 3. The second-order valence-corrected chi connectivity index (χ2v) is 5.09. The summed E-state index contributed by atoms with van der Waals surface area (Å²) in [5.41, 5.74) is 0.410. The number of hydrogen-bond acceptors (Lipinski definition) is 3. The van der Waals surface area contributed by atoms with E-state index in [-0.39, 0.29) is 11.6 Å². The maximum absolute atomic E-state index is 13.6. The van der Waals surface area contributed by atoms with Crippen LogP contribution in [-0.2, 0) is 11.8 Å². The summed E-state index contributed by atoms with van der Waals surface area (Å²) in [6.45, 7) is 0.438. The standard InChI is InChI=1S/C14H13F3N4O/c1-20-7-8(6-18-20)21-3-2-12(14(21)22)19-13-5-10(16)9(15)4-11(13)17/h4-7,12,19H,2-3H2,1H3/t12-/m1/s1. The highest BCUT2D eigenvalue weighted by molar-refractivity contribution is 6.00. The molecule has 1 atom stereocenters. The van der Waals surface area contributed by atoms with E-state index in [1.807, 2.05) is 0 Å². The Bertz CT molecular complexity index is 731. The van der Waals surface area contributed by atoms with Gasteiger partial charge in [0.25, 0.3) is 0 Å². The van der Waals surface area contributed by atoms with Crippen LogP contribution >= 0.6 is 0 Å². The van der Waals surface area contributed by atoms with E-state index in [1.165, 1.54) is 4.90 Å². The molecule has 3 rings (SSSR count). The minimum atomic E-state index is -1.27. The van der Waals surface area contributed by atoms with Gasteiger partial charge in [-0.15, -0.1) is 0 Å². The molecule has 5 nitrogen and oxygen atoms in total. The first-order valence-corrected chi connectivity index (χ1v) is 6.67. The number of aryl methyl sites for hydroxylation is 1. The number of nitrogens with one attached hydrogen (secondary N) is 1. The van der Waals surface area contributed by atoms with Crippen molar-refractivity contribution in [2.45, 2.75) is 12.5 Å². The molecule has 0 bridgehead atoms. The van der Waals surface area contributed by atoms with Gasteiger partial charge >= 0.3 is 0 Å². The topological polar surface area (TPSA) is 50.2 Å². The fourth-order valence-electron chi connectivity index (χ4n) is 2.44. The van der Waals surface area contributed by atoms with Crippen LogP contribution in [0.15, 0.2) is 24.5 Å². The van der Waals surface area contributed by atoms with Crippen LogP contribution in [0.25, 0.3) is 0 Å². The van der Waals surface area contributed by atoms with Crippen LogP contribution in [0.5, 0.6) is 0 Å². The molecule has 0 radical (unpaired) electrons. The molecule has 0 aliphatic carbocycles. The van der Waals surface area contributed by atoms with Crippen LogP contribution in [0.4, 0.5) is 24.5 Å². The molecule has 0 saturated carbocycles. The predicted molar refractivity (Wildman–Crippen MR) is 73.9 cm³/mol. The summed E-state index contributed by atoms with van der Waals surface area (Å²) in [4.78, 5) is 13.8. The number of aromatic nitrogens is 2. The van der Waals surface area contributed by atoms with E-state index in [0.29, 0.717) is 30.8 Å². The van der Waals surface area contributed by atoms with Crippen LogP contribution < -0.4 is 10.2 Å². The number of carbonyl (C=O) groups is 1. The van der Waals surface area contributed by atoms with E-state index < -0.39 is 23.5 Å². The van der Waals surface area contributed by atoms with Gasteiger partial charge in [0.1, 0.15) is 11.9 Å². The summed E-state index contributed by atoms with van der Waals surface area (Å²) in [6, 6.07) is 0.472. The second kappa shape index (κ2) is 5.36. The minimum absolute atomic E-state index is 0.231. The van der Waals surface area contributed by atoms with Gasteiger partial charge in [-0.2, -0.15) is 5.10 Å². The lowest BCUT2D eigenvalue weighted by molar-refractivity contribution is -0.117. The van der Waals surface area contributed by atoms with E-state index in [2.05, 4.69) is 10.4 Å². The molecule has 1 fully saturated rings. The van der Waals surface area contributed by atoms with Crippen LogP contribution in [0, 0.1) is 17.5 Å². The average Bonchev–Trinajstić information content (AvgIpc) is 3.03. The summed E-state index contributed by atoms with van der Waals surface area (Å²) < 4.78 is 41.3. The quantitative estimate of drug-likeness (QED) is 0.883. The highest BCUT2D eigenvalue weighted by Crippen LogP contribution is 2.25. The molecule has 1 N–H and O–H groups in total. The van der Waals surface area contributed by atoms with Crippen molar-refractivity contribution in [3.63, 3.8) is 0 Å². The smallest absolute Gasteiger partial charge is 0.249 e. The lowest BCUT2D eigenvalue weighted by Crippen LogP contribution is -2.33. The first-order chi connectivity index (χ1) is 10.5. The Morgan fingerprint density at radius 3 is 2.64 bits per heavy atom. The van der Waals surface area contributed by atoms with E-state index in [0.717, 1.165) is 0 Å². The Labute approximate surface area is 124 Å². The molecule has 1 aliphatic heterocycles. The fraction of sp³-hybridized carbons (Fsp3) is 0.286. The summed E-state index contributed by atoms with van der Waals surface area (Å²) in [5, 5.41) is 6.62. The monoisotopic (exact) mass is 310 g/mol. The van der Waals surface area contributed by atoms with Gasteiger partial charge in [-0.25, -0.2) is 13.2 Å². The molecular weight excluding hydrogens is 297 g/mol. The van der Waals surface area contributed by atoms with Crippen molar-refractivity contribution >= 4 is 17.3 Å². The Hall–Kier alpha value is -2.51. The number of anilines is 2. The molecule has 116 valence electrons. The zero-order valence-corrected chi connectivity index (χ0v) is 11.7. The van der Waals surface area contributed by atoms with Gasteiger partial charge in [0.2, 0.25) is 5.91 Å². The van der Waals surface area contributed by atoms with Gasteiger partial charge in [0.15, 0.2) is 11.6 Å². The maximum Gasteiger partial charge on any atom is 0.249 e. The molecule has 1 saturated heterocycles. The van der Waals surface area contributed by atoms with Crippen LogP contribution in [-0.4, -0.2) is 28.3 Å². The highest BCUT2D eigenvalue weighted by atomic mass is 19.2. The van der Waals surface area contributed by atoms with Gasteiger partial charge in [-0.05, 0) is 6.42 Å². The SMILES string of the molecule is Cn1cc(N2CC[C@@H](Nc3cc(F)c(F)cc3F)C2=O)cn1. The van der Waals surface area contributed by atoms with E-state index in [1.54, 1.807) is 24.1 Å². The maximum atomic E-state index is 13.6. The Kier molecular flexibility index (Phi) is 3.51. The molecule has 1 aliphatic rings. The number of hydrogen-bond donors (Lipinski definition) is 1. The Balaban J connectivity index is 1.77. The lowest BCUT2D eigenvalue weighted by Gasteiger charge is -2.16. The molecule has 1 aromatic carbocycles. The first kappa shape index (κ1) is 14.4. The molecule has 0 spiro atoms. The van der Waals surface area contributed by atoms with Gasteiger partial charge in [0, 0.05) is 31.9 Å². The third-order valence-electron chi connectivity index (χ3n) is 3.55. The van der Waals surface area contributed by atoms with Gasteiger partial charge in [0.05, 0.1) is 17.6 Å². The van der Waals surface area contributed by atoms with E-state index in [9.17, 15) is 18.0 Å². The van der Waals surface area contributed by atoms with Crippen LogP contribution in [0.2, 0.25) is 0 Å². The van der Waals surface area contributed by atoms with E-state index in [4.69, 9.17) is 0 Å². The Morgan fingerprint density at radius 1 is 1.23 bits per heavy atom. The number of nitrogens with zero attached hydrogens (tertiary/aromatic N) is 3. The highest BCUT2D eigenvalue weighted by Gasteiger charge is 2.33. The molecule has 2 heterocycles. The molecule has 1 amide bonds. The molecule has 1 aromatic heterocycles. The fourth-order valence-corrected chi connectivity index (χ4v) is 2.44. The number of benzene rings is 1. The molecule has 22 heavy (non-hydrogen) atoms. The third-order valence-corrected chi connectivity index (χ3v) is 3.55. The minimum Gasteiger partial charge on any atom is -0.371 e. The predicted octanol–water partition coefficient (Wildman–Crippen LogP) is 2.05. The van der Waals surface area contributed by atoms with Crippen LogP contribution in [0.1, 0.15) is 6.42 Å². The third kappa shape index (κ3) is 2.51. The Morgan fingerprint density at radius 2 is 1.95 bits per heavy atom. The number of amides is 1. The second-order valence-electron chi connectivity index (χ2n) is 5.09. The molecule has 2 aromatic rings. The van der Waals surface area contributed by atoms with Crippen molar-refractivity contribution < 1.29 is 18.0 Å². The summed E-state index contributed by atoms with van der Waals surface area (Å²) in [7, 11) is 1.73. The summed E-state index contributed by atoms with van der Waals surface area (Å²) in [5.74, 6) is -3.64. The van der Waals surface area contributed by atoms with Gasteiger partial charge < -0.3 is 10.2 Å². The molecule has 8 heteroatoms. The van der Waals surface area contributed by atoms with Crippen molar-refractivity contribution in [3.8, 4) is 0 Å². The van der Waals surface area contributed by atoms with Crippen molar-refractivity contribution in [2.24, 2.45) is 7.05 Å². The molecule has 0 unspecified atom stereocenters. The van der Waals surface area contributed by atoms with Crippen LogP contribution in [0.3, 0.4) is 0 Å². The first-order valence-electron chi connectivity index (χ1n) is 6.67. The van der Waals surface area contributed by atoms with E-state index >= 15 is 0 Å². The zero-order chi connectivity index (χ0) is 15.9.